The molecular weight excluding hydrogens is 341 g/mol. The van der Waals surface area contributed by atoms with Crippen LogP contribution in [0.5, 0.6) is 11.5 Å². The van der Waals surface area contributed by atoms with Crippen molar-refractivity contribution in [3.63, 3.8) is 0 Å². The van der Waals surface area contributed by atoms with E-state index in [0.29, 0.717) is 17.9 Å². The molecule has 0 amide bonds. The molecule has 0 aliphatic carbocycles. The summed E-state index contributed by atoms with van der Waals surface area (Å²) in [6, 6.07) is 16.9. The maximum atomic E-state index is 14.3. The molecule has 4 rings (SSSR count). The fourth-order valence-electron chi connectivity index (χ4n) is 3.96. The highest BCUT2D eigenvalue weighted by Gasteiger charge is 2.35. The number of hydrogen-bond donors (Lipinski definition) is 2. The molecule has 0 saturated heterocycles. The largest absolute Gasteiger partial charge is 0.508 e. The van der Waals surface area contributed by atoms with E-state index in [-0.39, 0.29) is 23.3 Å². The molecule has 1 aliphatic heterocycles. The molecule has 2 atom stereocenters. The number of nitrogen functional groups attached to an aromatic ring is 1. The highest BCUT2D eigenvalue weighted by Crippen LogP contribution is 2.48. The number of benzene rings is 3. The van der Waals surface area contributed by atoms with Gasteiger partial charge in [-0.1, -0.05) is 42.0 Å². The number of anilines is 1. The molecule has 27 heavy (non-hydrogen) atoms. The molecular formula is C23H22FNO2. The van der Waals surface area contributed by atoms with Crippen LogP contribution < -0.4 is 10.5 Å². The van der Waals surface area contributed by atoms with Crippen LogP contribution in [-0.2, 0) is 0 Å². The quantitative estimate of drug-likeness (QED) is 0.627. The Labute approximate surface area is 158 Å². The Balaban J connectivity index is 1.91. The van der Waals surface area contributed by atoms with E-state index in [2.05, 4.69) is 25.1 Å². The molecule has 0 spiro atoms. The van der Waals surface area contributed by atoms with E-state index in [1.165, 1.54) is 11.6 Å². The van der Waals surface area contributed by atoms with Crippen LogP contribution in [0.2, 0.25) is 0 Å². The summed E-state index contributed by atoms with van der Waals surface area (Å²) in [5.41, 5.74) is 10.7. The number of nitrogens with two attached hydrogens (primary N) is 1. The Hall–Kier alpha value is -3.01. The first kappa shape index (κ1) is 17.4. The number of ether oxygens (including phenoxy) is 1. The zero-order valence-corrected chi connectivity index (χ0v) is 15.4. The summed E-state index contributed by atoms with van der Waals surface area (Å²) in [5, 5.41) is 10.1. The van der Waals surface area contributed by atoms with E-state index in [0.717, 1.165) is 16.7 Å². The molecule has 2 unspecified atom stereocenters. The second-order valence-corrected chi connectivity index (χ2v) is 7.22. The molecule has 3 aromatic rings. The van der Waals surface area contributed by atoms with E-state index in [4.69, 9.17) is 10.5 Å². The maximum absolute atomic E-state index is 14.3. The minimum atomic E-state index is -0.418. The summed E-state index contributed by atoms with van der Waals surface area (Å²) in [6.07, 6.45) is 0. The van der Waals surface area contributed by atoms with Crippen molar-refractivity contribution < 1.29 is 14.2 Å². The Kier molecular flexibility index (Phi) is 4.27. The number of aromatic hydroxyl groups is 1. The molecule has 3 aromatic carbocycles. The van der Waals surface area contributed by atoms with Crippen LogP contribution in [0, 0.1) is 19.7 Å². The Morgan fingerprint density at radius 2 is 1.85 bits per heavy atom. The van der Waals surface area contributed by atoms with Gasteiger partial charge in [0.15, 0.2) is 0 Å². The van der Waals surface area contributed by atoms with E-state index >= 15 is 0 Å². The van der Waals surface area contributed by atoms with Gasteiger partial charge in [0, 0.05) is 23.0 Å². The zero-order chi connectivity index (χ0) is 19.1. The van der Waals surface area contributed by atoms with Gasteiger partial charge in [-0.2, -0.15) is 0 Å². The van der Waals surface area contributed by atoms with Crippen molar-refractivity contribution in [2.24, 2.45) is 0 Å². The molecule has 3 nitrogen and oxygen atoms in total. The number of phenolic OH excluding ortho intramolecular Hbond substituents is 1. The normalized spacial score (nSPS) is 18.6. The molecule has 3 N–H and O–H groups in total. The molecule has 1 aliphatic rings. The fraction of sp³-hybridized carbons (Fsp3) is 0.217. The fourth-order valence-corrected chi connectivity index (χ4v) is 3.96. The van der Waals surface area contributed by atoms with Crippen LogP contribution in [0.15, 0.2) is 54.6 Å². The topological polar surface area (TPSA) is 55.5 Å². The van der Waals surface area contributed by atoms with Crippen molar-refractivity contribution in [3.05, 3.63) is 88.2 Å². The lowest BCUT2D eigenvalue weighted by molar-refractivity contribution is 0.245. The summed E-state index contributed by atoms with van der Waals surface area (Å²) in [4.78, 5) is 0. The van der Waals surface area contributed by atoms with Gasteiger partial charge in [0.2, 0.25) is 0 Å². The SMILES string of the molecule is Cc1cccc(C2COc3c(ccc(O)c3C)C2c2ccc(N)c(F)c2)c1. The van der Waals surface area contributed by atoms with Crippen molar-refractivity contribution in [2.45, 2.75) is 25.7 Å². The van der Waals surface area contributed by atoms with E-state index in [1.807, 2.05) is 25.1 Å². The number of fused-ring (bicyclic) bond motifs is 1. The van der Waals surface area contributed by atoms with Gasteiger partial charge in [0.1, 0.15) is 17.3 Å². The molecule has 4 heteroatoms. The Bertz CT molecular complexity index is 1020. The highest BCUT2D eigenvalue weighted by molar-refractivity contribution is 5.56. The highest BCUT2D eigenvalue weighted by atomic mass is 19.1. The number of aryl methyl sites for hydroxylation is 1. The van der Waals surface area contributed by atoms with Gasteiger partial charge < -0.3 is 15.6 Å². The number of rotatable bonds is 2. The Morgan fingerprint density at radius 1 is 1.04 bits per heavy atom. The van der Waals surface area contributed by atoms with Gasteiger partial charge in [0.05, 0.1) is 12.3 Å². The van der Waals surface area contributed by atoms with Gasteiger partial charge >= 0.3 is 0 Å². The molecule has 0 radical (unpaired) electrons. The summed E-state index contributed by atoms with van der Waals surface area (Å²) in [5.74, 6) is 0.402. The average molecular weight is 363 g/mol. The van der Waals surface area contributed by atoms with Crippen molar-refractivity contribution in [2.75, 3.05) is 12.3 Å². The van der Waals surface area contributed by atoms with Gasteiger partial charge in [-0.25, -0.2) is 4.39 Å². The van der Waals surface area contributed by atoms with E-state index in [1.54, 1.807) is 12.1 Å². The molecule has 0 bridgehead atoms. The summed E-state index contributed by atoms with van der Waals surface area (Å²) in [7, 11) is 0. The summed E-state index contributed by atoms with van der Waals surface area (Å²) < 4.78 is 20.3. The first-order valence-electron chi connectivity index (χ1n) is 9.02. The van der Waals surface area contributed by atoms with Crippen LogP contribution in [0.1, 0.15) is 39.7 Å². The van der Waals surface area contributed by atoms with Crippen LogP contribution >= 0.6 is 0 Å². The predicted octanol–water partition coefficient (Wildman–Crippen LogP) is 5.04. The van der Waals surface area contributed by atoms with Crippen molar-refractivity contribution in [3.8, 4) is 11.5 Å². The minimum Gasteiger partial charge on any atom is -0.508 e. The van der Waals surface area contributed by atoms with Crippen LogP contribution in [0.25, 0.3) is 0 Å². The standard InChI is InChI=1S/C23H22FNO2/c1-13-4-3-5-15(10-13)18-12-27-23-14(2)21(26)9-7-17(23)22(18)16-6-8-20(25)19(24)11-16/h3-11,18,22,26H,12,25H2,1-2H3. The monoisotopic (exact) mass is 363 g/mol. The minimum absolute atomic E-state index is 0.0318. The third-order valence-electron chi connectivity index (χ3n) is 5.41. The summed E-state index contributed by atoms with van der Waals surface area (Å²) in [6.45, 7) is 4.35. The smallest absolute Gasteiger partial charge is 0.146 e. The van der Waals surface area contributed by atoms with Crippen molar-refractivity contribution >= 4 is 5.69 Å². The van der Waals surface area contributed by atoms with E-state index in [9.17, 15) is 9.50 Å². The lowest BCUT2D eigenvalue weighted by Gasteiger charge is -2.35. The van der Waals surface area contributed by atoms with Crippen molar-refractivity contribution in [1.82, 2.24) is 0 Å². The molecule has 138 valence electrons. The van der Waals surface area contributed by atoms with Gasteiger partial charge in [-0.3, -0.25) is 0 Å². The lowest BCUT2D eigenvalue weighted by atomic mass is 9.75. The lowest BCUT2D eigenvalue weighted by Crippen LogP contribution is -2.26. The first-order chi connectivity index (χ1) is 13.0. The number of phenols is 1. The summed E-state index contributed by atoms with van der Waals surface area (Å²) >= 11 is 0. The third kappa shape index (κ3) is 3.01. The Morgan fingerprint density at radius 3 is 2.59 bits per heavy atom. The number of halogens is 1. The van der Waals surface area contributed by atoms with Gasteiger partial charge in [-0.05, 0) is 43.2 Å². The van der Waals surface area contributed by atoms with Gasteiger partial charge in [-0.15, -0.1) is 0 Å². The zero-order valence-electron chi connectivity index (χ0n) is 15.4. The molecule has 0 fully saturated rings. The molecule has 1 heterocycles. The first-order valence-corrected chi connectivity index (χ1v) is 9.02. The van der Waals surface area contributed by atoms with Crippen molar-refractivity contribution in [1.29, 1.82) is 0 Å². The second kappa shape index (κ2) is 6.62. The molecule has 0 saturated carbocycles. The van der Waals surface area contributed by atoms with Crippen LogP contribution in [0.4, 0.5) is 10.1 Å². The van der Waals surface area contributed by atoms with Gasteiger partial charge in [0.25, 0.3) is 0 Å². The molecule has 0 aromatic heterocycles. The average Bonchev–Trinajstić information content (AvgIpc) is 2.66. The number of hydrogen-bond acceptors (Lipinski definition) is 3. The van der Waals surface area contributed by atoms with Crippen LogP contribution in [-0.4, -0.2) is 11.7 Å². The van der Waals surface area contributed by atoms with E-state index < -0.39 is 5.82 Å². The second-order valence-electron chi connectivity index (χ2n) is 7.22. The third-order valence-corrected chi connectivity index (χ3v) is 5.41. The van der Waals surface area contributed by atoms with Crippen LogP contribution in [0.3, 0.4) is 0 Å². The predicted molar refractivity (Wildman–Crippen MR) is 105 cm³/mol. The maximum Gasteiger partial charge on any atom is 0.146 e.